The first-order valence-corrected chi connectivity index (χ1v) is 27.3. The van der Waals surface area contributed by atoms with Crippen LogP contribution in [0.3, 0.4) is 0 Å². The molecule has 14 N–H and O–H groups in total. The molecule has 0 spiro atoms. The largest absolute Gasteiger partial charge is 0.394 e. The number of fused-ring (bicyclic) bond motifs is 5. The van der Waals surface area contributed by atoms with Gasteiger partial charge in [0.1, 0.15) is 91.6 Å². The lowest BCUT2D eigenvalue weighted by atomic mass is 9.35. The minimum atomic E-state index is -1.81. The van der Waals surface area contributed by atoms with E-state index in [0.29, 0.717) is 38.5 Å². The number of ether oxygens (including phenoxy) is 8. The van der Waals surface area contributed by atoms with Gasteiger partial charge < -0.3 is 109 Å². The SMILES string of the molecule is CC(C)=CCC[C@](C)(O[C@@H]1O[C@H](CO[C@@H]2OC[C@H](O)[C@H](O)[C@H]2O)[C@@H](O)[C@H](O)[C@H]1O)[C@H]1CC[C@]2(C)[C@H]1[C@H](O)C[C@H]1[C@@]3(C)CC[C@H](O[C@@H]4O[C@H](CO)[C@@H](O)[C@H](O)[C@H]4O[C@@H]4O[C@H](CO)[C@@H](O)[C@H](O)[C@H]4O)C(C)(C)[C@@H]3CC[C@@]12C. The maximum Gasteiger partial charge on any atom is 0.187 e. The smallest absolute Gasteiger partial charge is 0.187 e. The molecule has 22 heteroatoms. The lowest BCUT2D eigenvalue weighted by Crippen LogP contribution is -2.68. The monoisotopic (exact) mass is 1080 g/mol. The van der Waals surface area contributed by atoms with Gasteiger partial charge in [0.2, 0.25) is 0 Å². The molecular weight excluding hydrogens is 989 g/mol. The van der Waals surface area contributed by atoms with E-state index in [4.69, 9.17) is 37.9 Å². The fourth-order valence-electron chi connectivity index (χ4n) is 16.0. The van der Waals surface area contributed by atoms with Gasteiger partial charge in [-0.15, -0.1) is 0 Å². The number of aliphatic hydroxyl groups is 14. The first-order chi connectivity index (χ1) is 35.1. The third kappa shape index (κ3) is 10.6. The Morgan fingerprint density at radius 2 is 1.16 bits per heavy atom. The number of rotatable bonds is 15. The molecule has 75 heavy (non-hydrogen) atoms. The number of aliphatic hydroxyl groups excluding tert-OH is 14. The third-order valence-corrected chi connectivity index (χ3v) is 20.5. The van der Waals surface area contributed by atoms with Crippen LogP contribution in [0.2, 0.25) is 0 Å². The Kier molecular flexibility index (Phi) is 18.1. The summed E-state index contributed by atoms with van der Waals surface area (Å²) in [6.07, 6.45) is -22.6. The molecule has 4 aliphatic heterocycles. The highest BCUT2D eigenvalue weighted by molar-refractivity contribution is 5.20. The van der Waals surface area contributed by atoms with Crippen LogP contribution in [0, 0.1) is 45.3 Å². The van der Waals surface area contributed by atoms with Gasteiger partial charge in [0, 0.05) is 0 Å². The average molecular weight is 1080 g/mol. The summed E-state index contributed by atoms with van der Waals surface area (Å²) in [4.78, 5) is 0. The van der Waals surface area contributed by atoms with Crippen molar-refractivity contribution in [2.24, 2.45) is 45.3 Å². The van der Waals surface area contributed by atoms with Crippen LogP contribution < -0.4 is 0 Å². The van der Waals surface area contributed by atoms with Crippen LogP contribution in [0.25, 0.3) is 0 Å². The van der Waals surface area contributed by atoms with Crippen molar-refractivity contribution in [1.29, 1.82) is 0 Å². The van der Waals surface area contributed by atoms with Gasteiger partial charge in [0.25, 0.3) is 0 Å². The third-order valence-electron chi connectivity index (χ3n) is 20.5. The van der Waals surface area contributed by atoms with E-state index in [1.807, 2.05) is 20.8 Å². The van der Waals surface area contributed by atoms with Crippen LogP contribution >= 0.6 is 0 Å². The van der Waals surface area contributed by atoms with Crippen molar-refractivity contribution >= 4 is 0 Å². The van der Waals surface area contributed by atoms with E-state index in [1.165, 1.54) is 0 Å². The van der Waals surface area contributed by atoms with Crippen molar-refractivity contribution in [1.82, 2.24) is 0 Å². The first-order valence-electron chi connectivity index (χ1n) is 27.3. The van der Waals surface area contributed by atoms with Gasteiger partial charge in [-0.05, 0) is 124 Å². The van der Waals surface area contributed by atoms with Gasteiger partial charge in [0.05, 0.1) is 44.2 Å². The molecular formula is C53H90O22. The van der Waals surface area contributed by atoms with E-state index in [9.17, 15) is 71.5 Å². The maximum absolute atomic E-state index is 12.8. The van der Waals surface area contributed by atoms with Crippen molar-refractivity contribution in [2.75, 3.05) is 26.4 Å². The molecule has 22 nitrogen and oxygen atoms in total. The summed E-state index contributed by atoms with van der Waals surface area (Å²) in [5.74, 6) is -0.395. The van der Waals surface area contributed by atoms with Gasteiger partial charge in [-0.2, -0.15) is 0 Å². The minimum absolute atomic E-state index is 0.0508. The van der Waals surface area contributed by atoms with E-state index in [2.05, 4.69) is 40.7 Å². The molecule has 8 aliphatic rings. The van der Waals surface area contributed by atoms with Crippen LogP contribution in [-0.2, 0) is 37.9 Å². The Hall–Kier alpha value is -1.14. The van der Waals surface area contributed by atoms with Crippen LogP contribution in [0.5, 0.6) is 0 Å². The fraction of sp³-hybridized carbons (Fsp3) is 0.962. The molecule has 0 bridgehead atoms. The van der Waals surface area contributed by atoms with Gasteiger partial charge in [0.15, 0.2) is 25.2 Å². The predicted molar refractivity (Wildman–Crippen MR) is 260 cm³/mol. The van der Waals surface area contributed by atoms with Crippen LogP contribution in [0.1, 0.15) is 113 Å². The lowest BCUT2D eigenvalue weighted by molar-refractivity contribution is -0.378. The molecule has 0 amide bonds. The number of allylic oxidation sites excluding steroid dienone is 2. The Labute approximate surface area is 439 Å². The molecule has 4 aliphatic carbocycles. The Morgan fingerprint density at radius 3 is 1.80 bits per heavy atom. The Bertz CT molecular complexity index is 1940. The zero-order valence-corrected chi connectivity index (χ0v) is 44.7. The maximum atomic E-state index is 12.8. The zero-order valence-electron chi connectivity index (χ0n) is 44.7. The zero-order chi connectivity index (χ0) is 55.1. The first kappa shape index (κ1) is 60.0. The van der Waals surface area contributed by atoms with Gasteiger partial charge in [-0.3, -0.25) is 0 Å². The number of hydrogen-bond donors (Lipinski definition) is 14. The highest BCUT2D eigenvalue weighted by Crippen LogP contribution is 2.76. The van der Waals surface area contributed by atoms with E-state index in [1.54, 1.807) is 0 Å². The highest BCUT2D eigenvalue weighted by atomic mass is 16.8. The molecule has 0 aromatic heterocycles. The lowest BCUT2D eigenvalue weighted by Gasteiger charge is -2.71. The molecule has 434 valence electrons. The van der Waals surface area contributed by atoms with E-state index in [0.717, 1.165) is 24.8 Å². The second-order valence-corrected chi connectivity index (χ2v) is 25.3. The molecule has 0 unspecified atom stereocenters. The molecule has 4 saturated heterocycles. The van der Waals surface area contributed by atoms with E-state index >= 15 is 0 Å². The molecule has 0 radical (unpaired) electrons. The molecule has 0 aromatic carbocycles. The van der Waals surface area contributed by atoms with Crippen LogP contribution in [-0.4, -0.2) is 232 Å². The fourth-order valence-corrected chi connectivity index (χ4v) is 16.0. The van der Waals surface area contributed by atoms with Crippen molar-refractivity contribution in [3.05, 3.63) is 11.6 Å². The highest BCUT2D eigenvalue weighted by Gasteiger charge is 2.72. The Morgan fingerprint density at radius 1 is 0.587 bits per heavy atom. The van der Waals surface area contributed by atoms with Crippen LogP contribution in [0.15, 0.2) is 11.6 Å². The quantitative estimate of drug-likeness (QED) is 0.0651. The summed E-state index contributed by atoms with van der Waals surface area (Å²) in [7, 11) is 0. The normalized spacial score (nSPS) is 52.7. The second kappa shape index (κ2) is 22.7. The Balaban J connectivity index is 1.01. The average Bonchev–Trinajstić information content (AvgIpc) is 3.75. The molecule has 4 saturated carbocycles. The molecule has 8 fully saturated rings. The summed E-state index contributed by atoms with van der Waals surface area (Å²) in [6.45, 7) is 15.1. The summed E-state index contributed by atoms with van der Waals surface area (Å²) >= 11 is 0. The van der Waals surface area contributed by atoms with Crippen molar-refractivity contribution in [3.63, 3.8) is 0 Å². The van der Waals surface area contributed by atoms with Crippen molar-refractivity contribution in [3.8, 4) is 0 Å². The summed E-state index contributed by atoms with van der Waals surface area (Å²) < 4.78 is 48.8. The summed E-state index contributed by atoms with van der Waals surface area (Å²) in [6, 6.07) is 0. The number of hydrogen-bond acceptors (Lipinski definition) is 22. The minimum Gasteiger partial charge on any atom is -0.394 e. The van der Waals surface area contributed by atoms with E-state index in [-0.39, 0.29) is 41.1 Å². The standard InChI is InChI=1S/C53H90O22/c1-23(2)10-9-14-53(8,75-47-43(67)39(63)37(61)29(72-47)22-69-45-41(65)34(58)26(57)21-68-45)24-11-16-52(7)33(24)25(56)18-31-50(5)15-13-32(49(3,4)30(50)12-17-51(31,52)6)73-48-44(40(64)36(60)28(20-55)71-48)74-46-42(66)38(62)35(59)27(19-54)70-46/h10,24-48,54-67H,9,11-22H2,1-8H3/t24-,25+,26-,27+,28+,29+,30-,31-,32-,33+,34-,35+,36+,37+,38-,39-,40-,41+,42+,43+,44+,45-,46-,47-,48-,50-,51-,52+,53-/m0/s1. The van der Waals surface area contributed by atoms with Gasteiger partial charge in [-0.1, -0.05) is 46.3 Å². The second-order valence-electron chi connectivity index (χ2n) is 25.3. The molecule has 8 rings (SSSR count). The summed E-state index contributed by atoms with van der Waals surface area (Å²) in [5, 5.41) is 151. The topological polar surface area (TPSA) is 357 Å². The van der Waals surface area contributed by atoms with Crippen molar-refractivity contribution in [2.45, 2.75) is 248 Å². The molecule has 4 heterocycles. The summed E-state index contributed by atoms with van der Waals surface area (Å²) in [5.41, 5.74) is -1.48. The van der Waals surface area contributed by atoms with Gasteiger partial charge >= 0.3 is 0 Å². The van der Waals surface area contributed by atoms with Crippen molar-refractivity contribution < 1.29 is 109 Å². The van der Waals surface area contributed by atoms with E-state index < -0.39 is 165 Å². The molecule has 0 aromatic rings. The predicted octanol–water partition coefficient (Wildman–Crippen LogP) is -1.56. The van der Waals surface area contributed by atoms with Gasteiger partial charge in [-0.25, -0.2) is 0 Å². The van der Waals surface area contributed by atoms with Crippen LogP contribution in [0.4, 0.5) is 0 Å². The molecule has 29 atom stereocenters.